The molecule has 1 saturated heterocycles. The minimum absolute atomic E-state index is 0.284. The van der Waals surface area contributed by atoms with E-state index in [-0.39, 0.29) is 6.07 Å². The van der Waals surface area contributed by atoms with E-state index in [0.29, 0.717) is 48.5 Å². The number of phenols is 17. The highest BCUT2D eigenvalue weighted by Gasteiger charge is 2.55. The zero-order chi connectivity index (χ0) is 58.0. The van der Waals surface area contributed by atoms with Crippen LogP contribution in [0.4, 0.5) is 0 Å². The van der Waals surface area contributed by atoms with Crippen LogP contribution in [0.3, 0.4) is 0 Å². The van der Waals surface area contributed by atoms with E-state index in [1.165, 1.54) is 0 Å². The van der Waals surface area contributed by atoms with E-state index < -0.39 is 227 Å². The second-order valence-corrected chi connectivity index (χ2v) is 16.6. The van der Waals surface area contributed by atoms with Crippen LogP contribution in [0.2, 0.25) is 0 Å². The van der Waals surface area contributed by atoms with Gasteiger partial charge in [0.05, 0.1) is 27.8 Å². The van der Waals surface area contributed by atoms with Gasteiger partial charge in [0.15, 0.2) is 98.5 Å². The molecule has 31 heteroatoms. The van der Waals surface area contributed by atoms with Crippen LogP contribution >= 0.6 is 0 Å². The lowest BCUT2D eigenvalue weighted by Crippen LogP contribution is -2.63. The second-order valence-electron chi connectivity index (χ2n) is 16.6. The van der Waals surface area contributed by atoms with Crippen LogP contribution in [0.25, 0.3) is 11.1 Å². The summed E-state index contributed by atoms with van der Waals surface area (Å²) >= 11 is 0. The van der Waals surface area contributed by atoms with Crippen LogP contribution in [0.15, 0.2) is 54.6 Å². The highest BCUT2D eigenvalue weighted by Crippen LogP contribution is 2.55. The lowest BCUT2D eigenvalue weighted by Gasteiger charge is -2.43. The first-order chi connectivity index (χ1) is 37.1. The predicted molar refractivity (Wildman–Crippen MR) is 245 cm³/mol. The number of ether oxygens (including phenoxy) is 7. The number of cyclic esters (lactones) is 1. The summed E-state index contributed by atoms with van der Waals surface area (Å²) in [6, 6.07) is 3.91. The van der Waals surface area contributed by atoms with Crippen molar-refractivity contribution in [2.45, 2.75) is 30.7 Å². The molecule has 0 radical (unpaired) electrons. The van der Waals surface area contributed by atoms with Gasteiger partial charge in [-0.25, -0.2) is 28.8 Å². The van der Waals surface area contributed by atoms with Crippen LogP contribution in [0.1, 0.15) is 62.1 Å². The molecule has 5 atom stereocenters. The Bertz CT molecular complexity index is 3550. The van der Waals surface area contributed by atoms with Gasteiger partial charge in [-0.15, -0.1) is 0 Å². The van der Waals surface area contributed by atoms with Gasteiger partial charge >= 0.3 is 35.8 Å². The fraction of sp³-hybridized carbons (Fsp3) is 0.125. The molecular formula is C48H34O31. The molecule has 0 aliphatic carbocycles. The first kappa shape index (κ1) is 53.8. The third-order valence-electron chi connectivity index (χ3n) is 11.7. The summed E-state index contributed by atoms with van der Waals surface area (Å²) in [5.74, 6) is -36.0. The topological polar surface area (TPSA) is 531 Å². The number of carboxylic acid groups (broad SMARTS) is 1. The van der Waals surface area contributed by atoms with Crippen molar-refractivity contribution in [2.75, 3.05) is 6.61 Å². The number of benzene rings is 6. The third kappa shape index (κ3) is 9.63. The van der Waals surface area contributed by atoms with Crippen LogP contribution < -0.4 is 4.74 Å². The van der Waals surface area contributed by atoms with Gasteiger partial charge in [0.2, 0.25) is 29.6 Å². The Hall–Kier alpha value is -11.5. The molecule has 6 aromatic carbocycles. The molecule has 0 bridgehead atoms. The number of hydrogen-bond donors (Lipinski definition) is 18. The van der Waals surface area contributed by atoms with Crippen molar-refractivity contribution in [3.05, 3.63) is 88.0 Å². The molecule has 18 N–H and O–H groups in total. The molecule has 412 valence electrons. The normalized spacial score (nSPS) is 17.7. The van der Waals surface area contributed by atoms with Gasteiger partial charge in [0, 0.05) is 17.7 Å². The van der Waals surface area contributed by atoms with Gasteiger partial charge in [-0.1, -0.05) is 0 Å². The Kier molecular flexibility index (Phi) is 13.6. The molecule has 6 aromatic rings. The van der Waals surface area contributed by atoms with Gasteiger partial charge in [0.1, 0.15) is 29.6 Å². The summed E-state index contributed by atoms with van der Waals surface area (Å²) in [5, 5.41) is 188. The number of rotatable bonds is 9. The van der Waals surface area contributed by atoms with Crippen molar-refractivity contribution in [1.82, 2.24) is 0 Å². The molecular weight excluding hydrogens is 1070 g/mol. The van der Waals surface area contributed by atoms with Gasteiger partial charge < -0.3 is 125 Å². The maximum atomic E-state index is 14.8. The molecule has 1 fully saturated rings. The summed E-state index contributed by atoms with van der Waals surface area (Å²) in [4.78, 5) is 83.9. The predicted octanol–water partition coefficient (Wildman–Crippen LogP) is 2.57. The van der Waals surface area contributed by atoms with Crippen molar-refractivity contribution in [1.29, 1.82) is 0 Å². The maximum absolute atomic E-state index is 14.8. The fourth-order valence-corrected chi connectivity index (χ4v) is 7.87. The number of phenolic OH excluding ortho intramolecular Hbond substituents is 17. The smallest absolute Gasteiger partial charge is 0.342 e. The maximum Gasteiger partial charge on any atom is 0.342 e. The Morgan fingerprint density at radius 3 is 1.37 bits per heavy atom. The molecule has 5 unspecified atom stereocenters. The summed E-state index contributed by atoms with van der Waals surface area (Å²) in [6.07, 6.45) is -13.0. The molecule has 31 nitrogen and oxygen atoms in total. The molecule has 79 heavy (non-hydrogen) atoms. The van der Waals surface area contributed by atoms with Crippen molar-refractivity contribution in [3.8, 4) is 120 Å². The van der Waals surface area contributed by atoms with Crippen LogP contribution in [0.5, 0.6) is 109 Å². The van der Waals surface area contributed by atoms with Crippen molar-refractivity contribution in [2.24, 2.45) is 0 Å². The summed E-state index contributed by atoms with van der Waals surface area (Å²) in [5.41, 5.74) is -9.13. The first-order valence-corrected chi connectivity index (χ1v) is 21.6. The monoisotopic (exact) mass is 1110 g/mol. The van der Waals surface area contributed by atoms with Gasteiger partial charge in [0.25, 0.3) is 0 Å². The number of hydrogen-bond acceptors (Lipinski definition) is 30. The van der Waals surface area contributed by atoms with Crippen LogP contribution in [-0.4, -0.2) is 165 Å². The van der Waals surface area contributed by atoms with E-state index in [1.807, 2.05) is 0 Å². The number of aromatic hydroxyl groups is 17. The molecule has 0 aromatic heterocycles. The zero-order valence-electron chi connectivity index (χ0n) is 38.6. The summed E-state index contributed by atoms with van der Waals surface area (Å²) in [6.45, 7) is -1.48. The average molecular weight is 1110 g/mol. The lowest BCUT2D eigenvalue weighted by molar-refractivity contribution is -0.282. The Labute approximate surface area is 434 Å². The highest BCUT2D eigenvalue weighted by atomic mass is 16.7. The zero-order valence-corrected chi connectivity index (χ0v) is 38.6. The van der Waals surface area contributed by atoms with Crippen LogP contribution in [-0.2, 0) is 28.4 Å². The second kappa shape index (κ2) is 20.0. The Balaban J connectivity index is 1.36. The largest absolute Gasteiger partial charge is 0.504 e. The van der Waals surface area contributed by atoms with E-state index in [1.54, 1.807) is 0 Å². The number of carbonyl (C=O) groups is 6. The minimum atomic E-state index is -2.69. The molecule has 0 amide bonds. The number of aromatic carboxylic acids is 1. The van der Waals surface area contributed by atoms with Crippen molar-refractivity contribution in [3.63, 3.8) is 0 Å². The van der Waals surface area contributed by atoms with Crippen molar-refractivity contribution < 1.29 is 154 Å². The van der Waals surface area contributed by atoms with Crippen molar-refractivity contribution >= 4 is 35.8 Å². The Morgan fingerprint density at radius 2 is 0.873 bits per heavy atom. The molecule has 0 spiro atoms. The molecule has 2 heterocycles. The molecule has 2 aliphatic heterocycles. The van der Waals surface area contributed by atoms with E-state index in [9.17, 15) is 121 Å². The molecule has 2 aliphatic rings. The van der Waals surface area contributed by atoms with Crippen LogP contribution in [0, 0.1) is 0 Å². The third-order valence-corrected chi connectivity index (χ3v) is 11.7. The fourth-order valence-electron chi connectivity index (χ4n) is 7.87. The first-order valence-electron chi connectivity index (χ1n) is 21.6. The summed E-state index contributed by atoms with van der Waals surface area (Å²) < 4.78 is 39.3. The van der Waals surface area contributed by atoms with E-state index in [4.69, 9.17) is 33.2 Å². The minimum Gasteiger partial charge on any atom is -0.504 e. The SMILES string of the molecule is O=C(OC1OC2COC(=O)c3c(Oc4c(C(=O)O)cc(O)c(O)c4O)cc(O)c(O)c3-c3c(cc(O)c(O)c3O)C(=O)OC2C(OC(=O)c2cc(O)c(O)c(O)c2)C1OC(=O)c1cc(O)c(O)c(O)c1)c1cc(O)c(O)c(O)c1. The van der Waals surface area contributed by atoms with Gasteiger partial charge in [-0.3, -0.25) is 0 Å². The Morgan fingerprint density at radius 1 is 0.443 bits per heavy atom. The van der Waals surface area contributed by atoms with Gasteiger partial charge in [-0.2, -0.15) is 0 Å². The number of carbonyl (C=O) groups excluding carboxylic acids is 5. The van der Waals surface area contributed by atoms with E-state index >= 15 is 0 Å². The highest BCUT2D eigenvalue weighted by molar-refractivity contribution is 6.10. The van der Waals surface area contributed by atoms with E-state index in [0.717, 1.165) is 0 Å². The standard InChI is InChI=1S/C48H34O31/c49-16-1-11(2-17(50)30(16)58)43(68)77-40-39-26(75-48(79-45(70)13-5-20(53)32(60)21(54)6-13)41(40)78-44(69)12-3-18(51)31(59)19(52)4-12)10-73-47(72)28-25(74-38-15(42(66)67)8-23(56)35(63)37(38)65)9-24(57)33(61)29(28)27-14(46(71)76-39)7-22(55)34(62)36(27)64/h1-9,26,39-41,48-65H,10H2,(H,66,67). The van der Waals surface area contributed by atoms with E-state index in [2.05, 4.69) is 0 Å². The number of carboxylic acids is 1. The average Bonchev–Trinajstić information content (AvgIpc) is 3.65. The number of esters is 5. The molecule has 8 rings (SSSR count). The summed E-state index contributed by atoms with van der Waals surface area (Å²) in [7, 11) is 0. The van der Waals surface area contributed by atoms with Gasteiger partial charge in [-0.05, 0) is 42.5 Å². The molecule has 0 saturated carbocycles. The quantitative estimate of drug-likeness (QED) is 0.0562. The number of fused-ring (bicyclic) bond motifs is 4. The lowest BCUT2D eigenvalue weighted by atomic mass is 9.91.